The Kier molecular flexibility index (Phi) is 5.61. The van der Waals surface area contributed by atoms with E-state index in [4.69, 9.17) is 11.6 Å². The minimum atomic E-state index is -3.26. The molecule has 23 heavy (non-hydrogen) atoms. The summed E-state index contributed by atoms with van der Waals surface area (Å²) in [5.41, 5.74) is 0.492. The molecular formula is C14H19ClN4O2S2. The van der Waals surface area contributed by atoms with Gasteiger partial charge in [0.1, 0.15) is 5.01 Å². The molecule has 2 N–H and O–H groups in total. The average Bonchev–Trinajstić information content (AvgIpc) is 2.84. The first-order chi connectivity index (χ1) is 10.6. The number of aromatic nitrogens is 2. The molecule has 0 saturated carbocycles. The predicted molar refractivity (Wildman–Crippen MR) is 94.7 cm³/mol. The maximum atomic E-state index is 11.3. The van der Waals surface area contributed by atoms with Crippen LogP contribution in [0, 0.1) is 0 Å². The van der Waals surface area contributed by atoms with E-state index in [-0.39, 0.29) is 0 Å². The van der Waals surface area contributed by atoms with Crippen molar-refractivity contribution in [3.63, 3.8) is 0 Å². The lowest BCUT2D eigenvalue weighted by Gasteiger charge is -2.24. The molecule has 0 spiro atoms. The van der Waals surface area contributed by atoms with Crippen LogP contribution in [0.5, 0.6) is 0 Å². The standard InChI is InChI=1S/C14H19ClN4O2S2/c1-14(2,19-23(3,20)21)9-16-13-18-17-12(22-13)8-10-4-6-11(15)7-5-10/h4-7,19H,8-9H2,1-3H3,(H,16,18). The molecule has 0 unspecified atom stereocenters. The Hall–Kier alpha value is -1.22. The van der Waals surface area contributed by atoms with Crippen molar-refractivity contribution in [1.82, 2.24) is 14.9 Å². The first-order valence-electron chi connectivity index (χ1n) is 6.93. The molecule has 1 aromatic carbocycles. The summed E-state index contributed by atoms with van der Waals surface area (Å²) >= 11 is 7.31. The molecule has 0 aliphatic rings. The number of sulfonamides is 1. The quantitative estimate of drug-likeness (QED) is 0.777. The zero-order chi connectivity index (χ0) is 17.1. The molecule has 0 aliphatic heterocycles. The van der Waals surface area contributed by atoms with Crippen LogP contribution in [0.1, 0.15) is 24.4 Å². The third kappa shape index (κ3) is 6.42. The maximum Gasteiger partial charge on any atom is 0.209 e. The Balaban J connectivity index is 1.93. The van der Waals surface area contributed by atoms with Crippen LogP contribution in [0.2, 0.25) is 5.02 Å². The smallest absolute Gasteiger partial charge is 0.209 e. The van der Waals surface area contributed by atoms with Crippen LogP contribution in [-0.4, -0.2) is 37.0 Å². The highest BCUT2D eigenvalue weighted by Gasteiger charge is 2.22. The van der Waals surface area contributed by atoms with Gasteiger partial charge in [0.2, 0.25) is 15.2 Å². The number of hydrogen-bond acceptors (Lipinski definition) is 6. The predicted octanol–water partition coefficient (Wildman–Crippen LogP) is 2.52. The van der Waals surface area contributed by atoms with Crippen molar-refractivity contribution in [3.8, 4) is 0 Å². The number of benzene rings is 1. The molecular weight excluding hydrogens is 356 g/mol. The van der Waals surface area contributed by atoms with Gasteiger partial charge in [-0.25, -0.2) is 13.1 Å². The molecule has 9 heteroatoms. The van der Waals surface area contributed by atoms with E-state index in [0.29, 0.717) is 23.1 Å². The van der Waals surface area contributed by atoms with Crippen LogP contribution < -0.4 is 10.0 Å². The normalized spacial score (nSPS) is 12.3. The topological polar surface area (TPSA) is 84.0 Å². The summed E-state index contributed by atoms with van der Waals surface area (Å²) in [5.74, 6) is 0. The summed E-state index contributed by atoms with van der Waals surface area (Å²) in [5, 5.41) is 13.6. The molecule has 0 saturated heterocycles. The molecule has 0 radical (unpaired) electrons. The summed E-state index contributed by atoms with van der Waals surface area (Å²) < 4.78 is 25.2. The van der Waals surface area contributed by atoms with E-state index in [2.05, 4.69) is 20.2 Å². The van der Waals surface area contributed by atoms with Crippen molar-refractivity contribution >= 4 is 38.1 Å². The van der Waals surface area contributed by atoms with Crippen molar-refractivity contribution in [3.05, 3.63) is 39.9 Å². The summed E-state index contributed by atoms with van der Waals surface area (Å²) in [6.45, 7) is 4.02. The van der Waals surface area contributed by atoms with Gasteiger partial charge in [0.25, 0.3) is 0 Å². The van der Waals surface area contributed by atoms with Gasteiger partial charge in [-0.2, -0.15) is 0 Å². The highest BCUT2D eigenvalue weighted by atomic mass is 35.5. The highest BCUT2D eigenvalue weighted by Crippen LogP contribution is 2.20. The van der Waals surface area contributed by atoms with Gasteiger partial charge in [0.05, 0.1) is 6.26 Å². The monoisotopic (exact) mass is 374 g/mol. The fraction of sp³-hybridized carbons (Fsp3) is 0.429. The van der Waals surface area contributed by atoms with Crippen molar-refractivity contribution in [2.75, 3.05) is 18.1 Å². The van der Waals surface area contributed by atoms with E-state index in [9.17, 15) is 8.42 Å². The van der Waals surface area contributed by atoms with Crippen LogP contribution in [0.3, 0.4) is 0 Å². The van der Waals surface area contributed by atoms with Gasteiger partial charge in [-0.1, -0.05) is 35.1 Å². The summed E-state index contributed by atoms with van der Waals surface area (Å²) in [4.78, 5) is 0. The SMILES string of the molecule is CC(C)(CNc1nnc(Cc2ccc(Cl)cc2)s1)NS(C)(=O)=O. The number of nitrogens with zero attached hydrogens (tertiary/aromatic N) is 2. The molecule has 1 heterocycles. The lowest BCUT2D eigenvalue weighted by atomic mass is 10.1. The van der Waals surface area contributed by atoms with Gasteiger partial charge >= 0.3 is 0 Å². The first-order valence-corrected chi connectivity index (χ1v) is 10.0. The van der Waals surface area contributed by atoms with E-state index in [0.717, 1.165) is 16.8 Å². The number of nitrogens with one attached hydrogen (secondary N) is 2. The second-order valence-electron chi connectivity index (χ2n) is 5.92. The van der Waals surface area contributed by atoms with Crippen molar-refractivity contribution < 1.29 is 8.42 Å². The molecule has 0 amide bonds. The second kappa shape index (κ2) is 7.12. The van der Waals surface area contributed by atoms with Crippen molar-refractivity contribution in [1.29, 1.82) is 0 Å². The summed E-state index contributed by atoms with van der Waals surface area (Å²) in [6, 6.07) is 7.60. The summed E-state index contributed by atoms with van der Waals surface area (Å²) in [6.07, 6.45) is 1.82. The van der Waals surface area contributed by atoms with Gasteiger partial charge in [0, 0.05) is 23.5 Å². The van der Waals surface area contributed by atoms with Crippen LogP contribution in [0.25, 0.3) is 0 Å². The molecule has 0 aliphatic carbocycles. The number of rotatable bonds is 7. The average molecular weight is 375 g/mol. The van der Waals surface area contributed by atoms with Crippen LogP contribution in [0.4, 0.5) is 5.13 Å². The molecule has 1 aromatic heterocycles. The molecule has 2 aromatic rings. The van der Waals surface area contributed by atoms with E-state index in [1.807, 2.05) is 24.3 Å². The van der Waals surface area contributed by atoms with Crippen LogP contribution in [0.15, 0.2) is 24.3 Å². The zero-order valence-corrected chi connectivity index (χ0v) is 15.5. The van der Waals surface area contributed by atoms with Crippen molar-refractivity contribution in [2.24, 2.45) is 0 Å². The first kappa shape index (κ1) is 18.1. The van der Waals surface area contributed by atoms with E-state index in [1.165, 1.54) is 11.3 Å². The number of hydrogen-bond donors (Lipinski definition) is 2. The summed E-state index contributed by atoms with van der Waals surface area (Å²) in [7, 11) is -3.26. The minimum absolute atomic E-state index is 0.412. The Morgan fingerprint density at radius 1 is 1.22 bits per heavy atom. The van der Waals surface area contributed by atoms with E-state index in [1.54, 1.807) is 13.8 Å². The Morgan fingerprint density at radius 2 is 1.87 bits per heavy atom. The number of halogens is 1. The van der Waals surface area contributed by atoms with Crippen LogP contribution in [-0.2, 0) is 16.4 Å². The Morgan fingerprint density at radius 3 is 2.48 bits per heavy atom. The van der Waals surface area contributed by atoms with Gasteiger partial charge in [-0.15, -0.1) is 10.2 Å². The molecule has 6 nitrogen and oxygen atoms in total. The fourth-order valence-corrected chi connectivity index (χ4v) is 3.98. The minimum Gasteiger partial charge on any atom is -0.358 e. The molecule has 126 valence electrons. The molecule has 0 fully saturated rings. The lowest BCUT2D eigenvalue weighted by molar-refractivity contribution is 0.476. The van der Waals surface area contributed by atoms with E-state index < -0.39 is 15.6 Å². The maximum absolute atomic E-state index is 11.3. The molecule has 0 atom stereocenters. The zero-order valence-electron chi connectivity index (χ0n) is 13.1. The molecule has 2 rings (SSSR count). The van der Waals surface area contributed by atoms with Gasteiger partial charge < -0.3 is 5.32 Å². The van der Waals surface area contributed by atoms with Gasteiger partial charge in [-0.05, 0) is 31.5 Å². The molecule has 0 bridgehead atoms. The van der Waals surface area contributed by atoms with Crippen molar-refractivity contribution in [2.45, 2.75) is 25.8 Å². The fourth-order valence-electron chi connectivity index (χ4n) is 2.01. The number of anilines is 1. The van der Waals surface area contributed by atoms with E-state index >= 15 is 0 Å². The Bertz CT molecular complexity index is 757. The third-order valence-corrected chi connectivity index (χ3v) is 4.93. The van der Waals surface area contributed by atoms with Crippen LogP contribution >= 0.6 is 22.9 Å². The van der Waals surface area contributed by atoms with Gasteiger partial charge in [-0.3, -0.25) is 0 Å². The second-order valence-corrected chi connectivity index (χ2v) is 9.16. The van der Waals surface area contributed by atoms with Gasteiger partial charge in [0.15, 0.2) is 0 Å². The highest BCUT2D eigenvalue weighted by molar-refractivity contribution is 7.88. The Labute approximate surface area is 145 Å². The largest absolute Gasteiger partial charge is 0.358 e. The third-order valence-electron chi connectivity index (χ3n) is 2.88. The lowest BCUT2D eigenvalue weighted by Crippen LogP contribution is -2.47.